The molecule has 1 heterocycles. The van der Waals surface area contributed by atoms with E-state index < -0.39 is 10.0 Å². The maximum Gasteiger partial charge on any atom is 0.265 e. The Labute approximate surface area is 129 Å². The minimum Gasteiger partial charge on any atom is -0.292 e. The number of rotatable bonds is 4. The molecular weight excluding hydrogens is 360 g/mol. The highest BCUT2D eigenvalue weighted by Crippen LogP contribution is 2.23. The molecule has 0 atom stereocenters. The van der Waals surface area contributed by atoms with Crippen LogP contribution in [0.1, 0.15) is 5.56 Å². The Hall–Kier alpha value is -2.22. The van der Waals surface area contributed by atoms with Gasteiger partial charge in [0.05, 0.1) is 23.6 Å². The third-order valence-corrected chi connectivity index (χ3v) is 4.23. The van der Waals surface area contributed by atoms with Crippen LogP contribution in [0.3, 0.4) is 0 Å². The van der Waals surface area contributed by atoms with Gasteiger partial charge in [0, 0.05) is 4.47 Å². The topological polar surface area (TPSA) is 134 Å². The van der Waals surface area contributed by atoms with Crippen molar-refractivity contribution in [2.24, 2.45) is 5.84 Å². The number of nitrogen functional groups attached to an aromatic ring is 1. The summed E-state index contributed by atoms with van der Waals surface area (Å²) in [5.74, 6) is 5.20. The van der Waals surface area contributed by atoms with Crippen LogP contribution in [-0.4, -0.2) is 18.4 Å². The first-order valence-electron chi connectivity index (χ1n) is 5.47. The van der Waals surface area contributed by atoms with Crippen LogP contribution in [0.2, 0.25) is 0 Å². The Bertz CT molecular complexity index is 800. The zero-order valence-electron chi connectivity index (χ0n) is 10.4. The van der Waals surface area contributed by atoms with Gasteiger partial charge in [-0.2, -0.15) is 5.26 Å². The van der Waals surface area contributed by atoms with Gasteiger partial charge >= 0.3 is 0 Å². The third kappa shape index (κ3) is 3.46. The van der Waals surface area contributed by atoms with Crippen molar-refractivity contribution in [1.82, 2.24) is 9.97 Å². The first kappa shape index (κ1) is 15.2. The fourth-order valence-corrected chi connectivity index (χ4v) is 2.75. The summed E-state index contributed by atoms with van der Waals surface area (Å²) in [7, 11) is -3.90. The molecule has 1 aromatic heterocycles. The summed E-state index contributed by atoms with van der Waals surface area (Å²) in [4.78, 5) is 7.30. The standard InChI is InChI=1S/C11H9BrN6O2S/c12-8-2-1-7(4-13)10(3-8)18-21(19,20)9-5-15-11(17-14)16-6-9/h1-3,5-6,18H,14H2,(H,15,16,17). The SMILES string of the molecule is N#Cc1ccc(Br)cc1NS(=O)(=O)c1cnc(NN)nc1. The first-order valence-corrected chi connectivity index (χ1v) is 7.75. The molecule has 10 heteroatoms. The van der Waals surface area contributed by atoms with Crippen LogP contribution in [0.25, 0.3) is 0 Å². The summed E-state index contributed by atoms with van der Waals surface area (Å²) in [6.45, 7) is 0. The molecule has 0 fully saturated rings. The van der Waals surface area contributed by atoms with Crippen molar-refractivity contribution in [2.45, 2.75) is 4.90 Å². The number of anilines is 2. The Morgan fingerprint density at radius 3 is 2.52 bits per heavy atom. The van der Waals surface area contributed by atoms with Gasteiger partial charge in [-0.1, -0.05) is 15.9 Å². The van der Waals surface area contributed by atoms with E-state index in [2.05, 4.69) is 36.0 Å². The number of hydrogen-bond acceptors (Lipinski definition) is 7. The summed E-state index contributed by atoms with van der Waals surface area (Å²) in [6, 6.07) is 6.54. The second kappa shape index (κ2) is 6.04. The molecule has 2 rings (SSSR count). The van der Waals surface area contributed by atoms with E-state index in [1.165, 1.54) is 12.1 Å². The molecule has 0 amide bonds. The molecular formula is C11H9BrN6O2S. The summed E-state index contributed by atoms with van der Waals surface area (Å²) < 4.78 is 27.4. The van der Waals surface area contributed by atoms with E-state index in [4.69, 9.17) is 11.1 Å². The van der Waals surface area contributed by atoms with Gasteiger partial charge < -0.3 is 0 Å². The monoisotopic (exact) mass is 368 g/mol. The molecule has 0 saturated heterocycles. The van der Waals surface area contributed by atoms with Crippen molar-refractivity contribution in [3.8, 4) is 6.07 Å². The van der Waals surface area contributed by atoms with Crippen LogP contribution in [0.15, 0.2) is 40.0 Å². The highest BCUT2D eigenvalue weighted by atomic mass is 79.9. The van der Waals surface area contributed by atoms with Gasteiger partial charge in [0.1, 0.15) is 11.0 Å². The van der Waals surface area contributed by atoms with E-state index in [-0.39, 0.29) is 22.1 Å². The molecule has 8 nitrogen and oxygen atoms in total. The van der Waals surface area contributed by atoms with Crippen molar-refractivity contribution in [3.05, 3.63) is 40.6 Å². The van der Waals surface area contributed by atoms with E-state index in [0.29, 0.717) is 4.47 Å². The van der Waals surface area contributed by atoms with E-state index in [1.54, 1.807) is 6.07 Å². The minimum atomic E-state index is -3.90. The molecule has 0 aliphatic rings. The Morgan fingerprint density at radius 1 is 1.29 bits per heavy atom. The molecule has 4 N–H and O–H groups in total. The first-order chi connectivity index (χ1) is 9.96. The van der Waals surface area contributed by atoms with E-state index >= 15 is 0 Å². The van der Waals surface area contributed by atoms with Crippen LogP contribution < -0.4 is 16.0 Å². The van der Waals surface area contributed by atoms with Gasteiger partial charge in [0.25, 0.3) is 10.0 Å². The van der Waals surface area contributed by atoms with Crippen LogP contribution in [0, 0.1) is 11.3 Å². The molecule has 0 aliphatic heterocycles. The lowest BCUT2D eigenvalue weighted by Crippen LogP contribution is -2.16. The molecule has 21 heavy (non-hydrogen) atoms. The number of aromatic nitrogens is 2. The Balaban J connectivity index is 2.37. The van der Waals surface area contributed by atoms with Gasteiger partial charge in [-0.25, -0.2) is 24.2 Å². The highest BCUT2D eigenvalue weighted by molar-refractivity contribution is 9.10. The predicted octanol–water partition coefficient (Wildman–Crippen LogP) is 1.20. The lowest BCUT2D eigenvalue weighted by atomic mass is 10.2. The number of benzene rings is 1. The zero-order valence-corrected chi connectivity index (χ0v) is 12.8. The van der Waals surface area contributed by atoms with Crippen molar-refractivity contribution in [3.63, 3.8) is 0 Å². The number of hydrazine groups is 1. The number of nitriles is 1. The lowest BCUT2D eigenvalue weighted by Gasteiger charge is -2.09. The normalized spacial score (nSPS) is 10.7. The number of nitrogens with zero attached hydrogens (tertiary/aromatic N) is 3. The van der Waals surface area contributed by atoms with Gasteiger partial charge in [0.15, 0.2) is 0 Å². The molecule has 0 aliphatic carbocycles. The number of nitrogens with one attached hydrogen (secondary N) is 2. The average molecular weight is 369 g/mol. The molecule has 1 aromatic carbocycles. The lowest BCUT2D eigenvalue weighted by molar-refractivity contribution is 0.600. The van der Waals surface area contributed by atoms with Gasteiger partial charge in [-0.15, -0.1) is 0 Å². The number of hydrogen-bond donors (Lipinski definition) is 3. The smallest absolute Gasteiger partial charge is 0.265 e. The number of nitrogens with two attached hydrogens (primary N) is 1. The molecule has 0 saturated carbocycles. The van der Waals surface area contributed by atoms with E-state index in [9.17, 15) is 8.42 Å². The van der Waals surface area contributed by atoms with Crippen molar-refractivity contribution in [1.29, 1.82) is 5.26 Å². The van der Waals surface area contributed by atoms with Gasteiger partial charge in [-0.3, -0.25) is 10.1 Å². The summed E-state index contributed by atoms with van der Waals surface area (Å²) in [5.41, 5.74) is 2.55. The summed E-state index contributed by atoms with van der Waals surface area (Å²) in [5, 5.41) is 9.00. The minimum absolute atomic E-state index is 0.0918. The largest absolute Gasteiger partial charge is 0.292 e. The molecule has 0 spiro atoms. The van der Waals surface area contributed by atoms with Crippen LogP contribution in [-0.2, 0) is 10.0 Å². The van der Waals surface area contributed by atoms with Crippen molar-refractivity contribution >= 4 is 37.6 Å². The fourth-order valence-electron chi connectivity index (χ4n) is 1.43. The van der Waals surface area contributed by atoms with Crippen LogP contribution in [0.5, 0.6) is 0 Å². The molecule has 0 unspecified atom stereocenters. The quantitative estimate of drug-likeness (QED) is 0.544. The summed E-state index contributed by atoms with van der Waals surface area (Å²) >= 11 is 3.22. The molecule has 0 bridgehead atoms. The van der Waals surface area contributed by atoms with Crippen LogP contribution in [0.4, 0.5) is 11.6 Å². The Morgan fingerprint density at radius 2 is 1.95 bits per heavy atom. The third-order valence-electron chi connectivity index (χ3n) is 2.41. The summed E-state index contributed by atoms with van der Waals surface area (Å²) in [6.07, 6.45) is 2.21. The average Bonchev–Trinajstić information content (AvgIpc) is 2.47. The van der Waals surface area contributed by atoms with Gasteiger partial charge in [-0.05, 0) is 18.2 Å². The predicted molar refractivity (Wildman–Crippen MR) is 79.5 cm³/mol. The Kier molecular flexibility index (Phi) is 4.37. The maximum absolute atomic E-state index is 12.2. The van der Waals surface area contributed by atoms with Crippen LogP contribution >= 0.6 is 15.9 Å². The number of sulfonamides is 1. The van der Waals surface area contributed by atoms with Crippen molar-refractivity contribution in [2.75, 3.05) is 10.1 Å². The highest BCUT2D eigenvalue weighted by Gasteiger charge is 2.17. The maximum atomic E-state index is 12.2. The molecule has 2 aromatic rings. The van der Waals surface area contributed by atoms with Crippen molar-refractivity contribution < 1.29 is 8.42 Å². The molecule has 108 valence electrons. The van der Waals surface area contributed by atoms with Gasteiger partial charge in [0.2, 0.25) is 5.95 Å². The second-order valence-electron chi connectivity index (χ2n) is 3.79. The number of halogens is 1. The van der Waals surface area contributed by atoms with E-state index in [0.717, 1.165) is 12.4 Å². The second-order valence-corrected chi connectivity index (χ2v) is 6.39. The zero-order chi connectivity index (χ0) is 15.5. The molecule has 0 radical (unpaired) electrons. The fraction of sp³-hybridized carbons (Fsp3) is 0. The van der Waals surface area contributed by atoms with E-state index in [1.807, 2.05) is 6.07 Å².